The van der Waals surface area contributed by atoms with Gasteiger partial charge in [-0.15, -0.1) is 0 Å². The number of hydrogen-bond acceptors (Lipinski definition) is 4. The lowest BCUT2D eigenvalue weighted by Crippen LogP contribution is -2.52. The van der Waals surface area contributed by atoms with Crippen LogP contribution >= 0.6 is 0 Å². The highest BCUT2D eigenvalue weighted by Gasteiger charge is 2.55. The lowest BCUT2D eigenvalue weighted by molar-refractivity contribution is -0.146. The number of hydroxylamine groups is 1. The van der Waals surface area contributed by atoms with Crippen LogP contribution in [0.2, 0.25) is 0 Å². The van der Waals surface area contributed by atoms with Crippen molar-refractivity contribution in [2.24, 2.45) is 13.0 Å². The Hall–Kier alpha value is -1.89. The summed E-state index contributed by atoms with van der Waals surface area (Å²) >= 11 is 0. The molecule has 2 rings (SSSR count). The Morgan fingerprint density at radius 3 is 2.48 bits per heavy atom. The lowest BCUT2D eigenvalue weighted by Gasteiger charge is -2.31. The van der Waals surface area contributed by atoms with Crippen molar-refractivity contribution in [1.29, 1.82) is 0 Å². The summed E-state index contributed by atoms with van der Waals surface area (Å²) in [5.74, 6) is -0.799. The summed E-state index contributed by atoms with van der Waals surface area (Å²) in [4.78, 5) is 30.3. The predicted octanol–water partition coefficient (Wildman–Crippen LogP) is 0.440. The molecule has 116 valence electrons. The monoisotopic (exact) mass is 294 g/mol. The average Bonchev–Trinajstić information content (AvgIpc) is 3.13. The number of aryl methyl sites for hydroxylation is 1. The number of rotatable bonds is 5. The average molecular weight is 294 g/mol. The number of carbonyl (C=O) groups excluding carboxylic acids is 2. The molecule has 0 saturated heterocycles. The summed E-state index contributed by atoms with van der Waals surface area (Å²) in [6.07, 6.45) is 4.98. The van der Waals surface area contributed by atoms with Crippen molar-refractivity contribution in [3.63, 3.8) is 0 Å². The van der Waals surface area contributed by atoms with E-state index in [9.17, 15) is 9.59 Å². The van der Waals surface area contributed by atoms with E-state index in [1.54, 1.807) is 18.9 Å². The van der Waals surface area contributed by atoms with E-state index in [1.165, 1.54) is 4.90 Å². The molecule has 1 aliphatic rings. The van der Waals surface area contributed by atoms with E-state index < -0.39 is 17.4 Å². The Bertz CT molecular complexity index is 548. The van der Waals surface area contributed by atoms with Crippen molar-refractivity contribution in [2.45, 2.75) is 38.1 Å². The number of aromatic nitrogens is 2. The van der Waals surface area contributed by atoms with Crippen LogP contribution in [0.5, 0.6) is 0 Å². The largest absolute Gasteiger partial charge is 0.340 e. The van der Waals surface area contributed by atoms with E-state index in [-0.39, 0.29) is 11.8 Å². The van der Waals surface area contributed by atoms with Gasteiger partial charge < -0.3 is 9.47 Å². The molecular weight excluding hydrogens is 272 g/mol. The van der Waals surface area contributed by atoms with Crippen molar-refractivity contribution in [2.75, 3.05) is 7.05 Å². The normalized spacial score (nSPS) is 17.4. The van der Waals surface area contributed by atoms with Crippen molar-refractivity contribution < 1.29 is 14.8 Å². The molecule has 2 amide bonds. The second kappa shape index (κ2) is 5.48. The van der Waals surface area contributed by atoms with Gasteiger partial charge >= 0.3 is 0 Å². The predicted molar refractivity (Wildman–Crippen MR) is 75.4 cm³/mol. The summed E-state index contributed by atoms with van der Waals surface area (Å²) in [5.41, 5.74) is 1.78. The summed E-state index contributed by atoms with van der Waals surface area (Å²) in [5, 5.41) is 8.87. The van der Waals surface area contributed by atoms with Crippen LogP contribution < -0.4 is 5.48 Å². The Balaban J connectivity index is 2.24. The van der Waals surface area contributed by atoms with E-state index in [0.717, 1.165) is 18.5 Å². The SMILES string of the molecule is CC(C)C(C(=O)NO)N(C)C(=O)C1(c2cn(C)cn2)CC1. The third kappa shape index (κ3) is 2.65. The van der Waals surface area contributed by atoms with E-state index in [2.05, 4.69) is 4.98 Å². The molecule has 1 heterocycles. The smallest absolute Gasteiger partial charge is 0.266 e. The zero-order valence-electron chi connectivity index (χ0n) is 12.8. The molecule has 1 aromatic rings. The van der Waals surface area contributed by atoms with E-state index in [4.69, 9.17) is 5.21 Å². The molecule has 7 heteroatoms. The van der Waals surface area contributed by atoms with Crippen LogP contribution in [-0.2, 0) is 22.1 Å². The molecule has 1 aromatic heterocycles. The summed E-state index contributed by atoms with van der Waals surface area (Å²) in [6.45, 7) is 3.67. The fourth-order valence-corrected chi connectivity index (χ4v) is 2.82. The van der Waals surface area contributed by atoms with Gasteiger partial charge in [0, 0.05) is 20.3 Å². The standard InChI is InChI=1S/C14H22N4O3/c1-9(2)11(12(19)16-21)18(4)13(20)14(5-6-14)10-7-17(3)8-15-10/h7-9,11,21H,5-6H2,1-4H3,(H,16,19). The Morgan fingerprint density at radius 2 is 2.10 bits per heavy atom. The van der Waals surface area contributed by atoms with Crippen LogP contribution in [0, 0.1) is 5.92 Å². The van der Waals surface area contributed by atoms with Crippen LogP contribution in [0.3, 0.4) is 0 Å². The van der Waals surface area contributed by atoms with Crippen LogP contribution in [-0.4, -0.2) is 44.6 Å². The first-order chi connectivity index (χ1) is 9.83. The topological polar surface area (TPSA) is 87.5 Å². The molecule has 2 N–H and O–H groups in total. The van der Waals surface area contributed by atoms with Crippen LogP contribution in [0.25, 0.3) is 0 Å². The molecule has 0 bridgehead atoms. The first kappa shape index (κ1) is 15.5. The summed E-state index contributed by atoms with van der Waals surface area (Å²) < 4.78 is 1.81. The third-order valence-electron chi connectivity index (χ3n) is 4.10. The molecule has 0 spiro atoms. The number of hydrogen-bond donors (Lipinski definition) is 2. The van der Waals surface area contributed by atoms with Gasteiger partial charge in [-0.1, -0.05) is 13.8 Å². The van der Waals surface area contributed by atoms with Gasteiger partial charge in [0.1, 0.15) is 6.04 Å². The van der Waals surface area contributed by atoms with Crippen LogP contribution in [0.15, 0.2) is 12.5 Å². The van der Waals surface area contributed by atoms with Gasteiger partial charge in [0.05, 0.1) is 17.4 Å². The number of carbonyl (C=O) groups is 2. The molecule has 0 aromatic carbocycles. The maximum atomic E-state index is 12.8. The summed E-state index contributed by atoms with van der Waals surface area (Å²) in [6, 6.07) is -0.705. The zero-order chi connectivity index (χ0) is 15.8. The highest BCUT2D eigenvalue weighted by molar-refractivity contribution is 5.94. The summed E-state index contributed by atoms with van der Waals surface area (Å²) in [7, 11) is 3.46. The van der Waals surface area contributed by atoms with Gasteiger partial charge in [-0.2, -0.15) is 0 Å². The quantitative estimate of drug-likeness (QED) is 0.609. The second-order valence-electron chi connectivity index (χ2n) is 6.09. The first-order valence-corrected chi connectivity index (χ1v) is 7.03. The Morgan fingerprint density at radius 1 is 1.48 bits per heavy atom. The van der Waals surface area contributed by atoms with E-state index in [0.29, 0.717) is 0 Å². The first-order valence-electron chi connectivity index (χ1n) is 7.03. The minimum atomic E-state index is -0.705. The van der Waals surface area contributed by atoms with Crippen molar-refractivity contribution in [1.82, 2.24) is 19.9 Å². The maximum Gasteiger partial charge on any atom is 0.266 e. The van der Waals surface area contributed by atoms with Crippen molar-refractivity contribution in [3.8, 4) is 0 Å². The molecule has 1 aliphatic carbocycles. The molecule has 7 nitrogen and oxygen atoms in total. The van der Waals surface area contributed by atoms with Gasteiger partial charge in [-0.3, -0.25) is 14.8 Å². The van der Waals surface area contributed by atoms with Gasteiger partial charge in [0.15, 0.2) is 0 Å². The van der Waals surface area contributed by atoms with Crippen LogP contribution in [0.4, 0.5) is 0 Å². The molecule has 1 atom stereocenters. The van der Waals surface area contributed by atoms with Gasteiger partial charge in [-0.25, -0.2) is 10.5 Å². The van der Waals surface area contributed by atoms with Crippen molar-refractivity contribution >= 4 is 11.8 Å². The maximum absolute atomic E-state index is 12.8. The van der Waals surface area contributed by atoms with Gasteiger partial charge in [0.2, 0.25) is 5.91 Å². The number of nitrogens with zero attached hydrogens (tertiary/aromatic N) is 3. The lowest BCUT2D eigenvalue weighted by atomic mass is 9.96. The van der Waals surface area contributed by atoms with E-state index >= 15 is 0 Å². The number of imidazole rings is 1. The minimum Gasteiger partial charge on any atom is -0.340 e. The number of nitrogens with one attached hydrogen (secondary N) is 1. The van der Waals surface area contributed by atoms with Gasteiger partial charge in [-0.05, 0) is 18.8 Å². The molecule has 1 saturated carbocycles. The van der Waals surface area contributed by atoms with Gasteiger partial charge in [0.25, 0.3) is 5.91 Å². The van der Waals surface area contributed by atoms with Crippen molar-refractivity contribution in [3.05, 3.63) is 18.2 Å². The van der Waals surface area contributed by atoms with Crippen LogP contribution in [0.1, 0.15) is 32.4 Å². The fourth-order valence-electron chi connectivity index (χ4n) is 2.82. The molecule has 1 fully saturated rings. The Labute approximate surface area is 123 Å². The second-order valence-corrected chi connectivity index (χ2v) is 6.09. The number of likely N-dealkylation sites (N-methyl/N-ethyl adjacent to an activating group) is 1. The molecule has 21 heavy (non-hydrogen) atoms. The Kier molecular flexibility index (Phi) is 4.04. The molecular formula is C14H22N4O3. The molecule has 0 radical (unpaired) electrons. The fraction of sp³-hybridized carbons (Fsp3) is 0.643. The van der Waals surface area contributed by atoms with E-state index in [1.807, 2.05) is 31.7 Å². The number of amides is 2. The molecule has 1 unspecified atom stereocenters. The third-order valence-corrected chi connectivity index (χ3v) is 4.10. The highest BCUT2D eigenvalue weighted by atomic mass is 16.5. The highest BCUT2D eigenvalue weighted by Crippen LogP contribution is 2.49. The zero-order valence-corrected chi connectivity index (χ0v) is 12.8. The minimum absolute atomic E-state index is 0.106. The molecule has 0 aliphatic heterocycles.